The number of aliphatic carboxylic acids is 1. The van der Waals surface area contributed by atoms with Crippen LogP contribution in [-0.4, -0.2) is 22.3 Å². The molecule has 3 nitrogen and oxygen atoms in total. The van der Waals surface area contributed by atoms with Crippen LogP contribution in [0.4, 0.5) is 4.39 Å². The Morgan fingerprint density at radius 2 is 1.94 bits per heavy atom. The summed E-state index contributed by atoms with van der Waals surface area (Å²) in [4.78, 5) is 10.8. The van der Waals surface area contributed by atoms with Crippen molar-refractivity contribution >= 4 is 5.97 Å². The SMILES string of the molecule is O=C(O)CC1CCC(O)C1c1ccc(F)cc1. The van der Waals surface area contributed by atoms with Crippen LogP contribution in [0.5, 0.6) is 0 Å². The Hall–Kier alpha value is -1.42. The molecule has 1 aliphatic rings. The maximum atomic E-state index is 12.8. The second kappa shape index (κ2) is 4.84. The van der Waals surface area contributed by atoms with E-state index in [-0.39, 0.29) is 24.1 Å². The Bertz CT molecular complexity index is 402. The topological polar surface area (TPSA) is 57.5 Å². The van der Waals surface area contributed by atoms with Crippen molar-refractivity contribution in [2.24, 2.45) is 5.92 Å². The van der Waals surface area contributed by atoms with Crippen molar-refractivity contribution in [3.05, 3.63) is 35.6 Å². The van der Waals surface area contributed by atoms with Gasteiger partial charge < -0.3 is 10.2 Å². The van der Waals surface area contributed by atoms with Crippen molar-refractivity contribution in [2.75, 3.05) is 0 Å². The number of hydrogen-bond donors (Lipinski definition) is 2. The molecule has 0 spiro atoms. The van der Waals surface area contributed by atoms with Crippen LogP contribution in [0, 0.1) is 11.7 Å². The van der Waals surface area contributed by atoms with Gasteiger partial charge in [0.15, 0.2) is 0 Å². The molecule has 1 fully saturated rings. The lowest BCUT2D eigenvalue weighted by molar-refractivity contribution is -0.138. The molecule has 0 aliphatic heterocycles. The first-order chi connectivity index (χ1) is 8.08. The Morgan fingerprint density at radius 1 is 1.29 bits per heavy atom. The molecule has 1 aromatic rings. The summed E-state index contributed by atoms with van der Waals surface area (Å²) in [6.45, 7) is 0. The van der Waals surface area contributed by atoms with Gasteiger partial charge in [-0.15, -0.1) is 0 Å². The lowest BCUT2D eigenvalue weighted by Gasteiger charge is -2.21. The van der Waals surface area contributed by atoms with Gasteiger partial charge in [0, 0.05) is 12.3 Å². The van der Waals surface area contributed by atoms with E-state index in [1.54, 1.807) is 12.1 Å². The zero-order valence-electron chi connectivity index (χ0n) is 9.34. The molecule has 3 unspecified atom stereocenters. The molecule has 0 bridgehead atoms. The summed E-state index contributed by atoms with van der Waals surface area (Å²) in [5.74, 6) is -1.42. The molecular weight excluding hydrogens is 223 g/mol. The van der Waals surface area contributed by atoms with Crippen LogP contribution in [0.15, 0.2) is 24.3 Å². The second-order valence-corrected chi connectivity index (χ2v) is 4.58. The molecule has 1 saturated carbocycles. The van der Waals surface area contributed by atoms with E-state index in [0.29, 0.717) is 12.8 Å². The third-order valence-corrected chi connectivity index (χ3v) is 3.45. The molecule has 0 amide bonds. The van der Waals surface area contributed by atoms with Gasteiger partial charge in [-0.05, 0) is 36.5 Å². The fourth-order valence-electron chi connectivity index (χ4n) is 2.69. The Kier molecular flexibility index (Phi) is 3.43. The minimum Gasteiger partial charge on any atom is -0.481 e. The van der Waals surface area contributed by atoms with E-state index in [0.717, 1.165) is 5.56 Å². The first-order valence-corrected chi connectivity index (χ1v) is 5.73. The van der Waals surface area contributed by atoms with Crippen molar-refractivity contribution in [1.82, 2.24) is 0 Å². The van der Waals surface area contributed by atoms with Crippen LogP contribution in [0.3, 0.4) is 0 Å². The lowest BCUT2D eigenvalue weighted by Crippen LogP contribution is -2.19. The second-order valence-electron chi connectivity index (χ2n) is 4.58. The number of benzene rings is 1. The van der Waals surface area contributed by atoms with Gasteiger partial charge in [0.25, 0.3) is 0 Å². The van der Waals surface area contributed by atoms with Gasteiger partial charge in [0.2, 0.25) is 0 Å². The maximum Gasteiger partial charge on any atom is 0.303 e. The van der Waals surface area contributed by atoms with Crippen molar-refractivity contribution in [2.45, 2.75) is 31.3 Å². The van der Waals surface area contributed by atoms with E-state index in [2.05, 4.69) is 0 Å². The van der Waals surface area contributed by atoms with Crippen LogP contribution < -0.4 is 0 Å². The first kappa shape index (κ1) is 12.0. The summed E-state index contributed by atoms with van der Waals surface area (Å²) in [7, 11) is 0. The minimum atomic E-state index is -0.851. The fourth-order valence-corrected chi connectivity index (χ4v) is 2.69. The molecule has 0 saturated heterocycles. The zero-order chi connectivity index (χ0) is 12.4. The quantitative estimate of drug-likeness (QED) is 0.848. The van der Waals surface area contributed by atoms with Gasteiger partial charge in [-0.25, -0.2) is 4.39 Å². The van der Waals surface area contributed by atoms with Crippen LogP contribution >= 0.6 is 0 Å². The highest BCUT2D eigenvalue weighted by molar-refractivity contribution is 5.67. The Balaban J connectivity index is 2.21. The van der Waals surface area contributed by atoms with E-state index in [1.165, 1.54) is 12.1 Å². The van der Waals surface area contributed by atoms with Gasteiger partial charge in [-0.1, -0.05) is 12.1 Å². The standard InChI is InChI=1S/C13H15FO3/c14-10-4-1-8(2-5-10)13-9(7-12(16)17)3-6-11(13)15/h1-2,4-5,9,11,13,15H,3,6-7H2,(H,16,17). The average molecular weight is 238 g/mol. The predicted octanol–water partition coefficient (Wildman–Crippen LogP) is 2.15. The highest BCUT2D eigenvalue weighted by atomic mass is 19.1. The summed E-state index contributed by atoms with van der Waals surface area (Å²) >= 11 is 0. The largest absolute Gasteiger partial charge is 0.481 e. The normalized spacial score (nSPS) is 28.2. The van der Waals surface area contributed by atoms with Gasteiger partial charge in [-0.3, -0.25) is 4.79 Å². The van der Waals surface area contributed by atoms with Crippen LogP contribution in [0.2, 0.25) is 0 Å². The summed E-state index contributed by atoms with van der Waals surface area (Å²) in [5.41, 5.74) is 0.822. The molecule has 3 atom stereocenters. The average Bonchev–Trinajstić information content (AvgIpc) is 2.61. The molecule has 0 heterocycles. The fraction of sp³-hybridized carbons (Fsp3) is 0.462. The maximum absolute atomic E-state index is 12.8. The number of aliphatic hydroxyl groups excluding tert-OH is 1. The van der Waals surface area contributed by atoms with E-state index < -0.39 is 12.1 Å². The Morgan fingerprint density at radius 3 is 2.53 bits per heavy atom. The van der Waals surface area contributed by atoms with E-state index in [1.807, 2.05) is 0 Å². The van der Waals surface area contributed by atoms with Crippen LogP contribution in [0.25, 0.3) is 0 Å². The predicted molar refractivity (Wildman–Crippen MR) is 60.1 cm³/mol. The van der Waals surface area contributed by atoms with Gasteiger partial charge >= 0.3 is 5.97 Å². The number of halogens is 1. The monoisotopic (exact) mass is 238 g/mol. The molecule has 92 valence electrons. The van der Waals surface area contributed by atoms with Crippen LogP contribution in [0.1, 0.15) is 30.7 Å². The number of carboxylic acids is 1. The molecule has 17 heavy (non-hydrogen) atoms. The van der Waals surface area contributed by atoms with Gasteiger partial charge in [0.05, 0.1) is 6.10 Å². The molecule has 0 aromatic heterocycles. The third kappa shape index (κ3) is 2.64. The van der Waals surface area contributed by atoms with E-state index in [9.17, 15) is 14.3 Å². The number of rotatable bonds is 3. The first-order valence-electron chi connectivity index (χ1n) is 5.73. The third-order valence-electron chi connectivity index (χ3n) is 3.45. The Labute approximate surface area is 98.9 Å². The zero-order valence-corrected chi connectivity index (χ0v) is 9.34. The number of carbonyl (C=O) groups is 1. The molecule has 2 N–H and O–H groups in total. The van der Waals surface area contributed by atoms with Crippen molar-refractivity contribution in [3.63, 3.8) is 0 Å². The van der Waals surface area contributed by atoms with E-state index >= 15 is 0 Å². The molecular formula is C13H15FO3. The summed E-state index contributed by atoms with van der Waals surface area (Å²) in [6, 6.07) is 5.95. The summed E-state index contributed by atoms with van der Waals surface area (Å²) in [5, 5.41) is 18.7. The molecule has 0 radical (unpaired) electrons. The van der Waals surface area contributed by atoms with Gasteiger partial charge in [0.1, 0.15) is 5.82 Å². The highest BCUT2D eigenvalue weighted by Crippen LogP contribution is 2.41. The van der Waals surface area contributed by atoms with Gasteiger partial charge in [-0.2, -0.15) is 0 Å². The summed E-state index contributed by atoms with van der Waals surface area (Å²) < 4.78 is 12.8. The molecule has 4 heteroatoms. The lowest BCUT2D eigenvalue weighted by atomic mass is 9.86. The number of aliphatic hydroxyl groups is 1. The minimum absolute atomic E-state index is 0.0547. The molecule has 2 rings (SSSR count). The number of hydrogen-bond acceptors (Lipinski definition) is 2. The van der Waals surface area contributed by atoms with Crippen molar-refractivity contribution in [3.8, 4) is 0 Å². The number of carboxylic acid groups (broad SMARTS) is 1. The van der Waals surface area contributed by atoms with Crippen LogP contribution in [-0.2, 0) is 4.79 Å². The summed E-state index contributed by atoms with van der Waals surface area (Å²) in [6.07, 6.45) is 0.846. The smallest absolute Gasteiger partial charge is 0.303 e. The van der Waals surface area contributed by atoms with E-state index in [4.69, 9.17) is 5.11 Å². The molecule has 1 aliphatic carbocycles. The van der Waals surface area contributed by atoms with Crippen molar-refractivity contribution in [1.29, 1.82) is 0 Å². The van der Waals surface area contributed by atoms with Crippen molar-refractivity contribution < 1.29 is 19.4 Å². The highest BCUT2D eigenvalue weighted by Gasteiger charge is 2.37. The molecule has 1 aromatic carbocycles.